The number of aromatic nitrogens is 1. The zero-order valence-corrected chi connectivity index (χ0v) is 10.1. The molecule has 0 radical (unpaired) electrons. The Morgan fingerprint density at radius 2 is 1.65 bits per heavy atom. The summed E-state index contributed by atoms with van der Waals surface area (Å²) in [6.07, 6.45) is 0. The summed E-state index contributed by atoms with van der Waals surface area (Å²) >= 11 is 1.53. The van der Waals surface area contributed by atoms with Crippen LogP contribution in [0.1, 0.15) is 5.56 Å². The van der Waals surface area contributed by atoms with Crippen molar-refractivity contribution in [2.45, 2.75) is 6.54 Å². The molecule has 0 spiro atoms. The van der Waals surface area contributed by atoms with E-state index in [1.165, 1.54) is 21.6 Å². The molecule has 84 valence electrons. The van der Waals surface area contributed by atoms with E-state index >= 15 is 0 Å². The molecule has 1 heterocycles. The van der Waals surface area contributed by atoms with Crippen LogP contribution in [0.3, 0.4) is 0 Å². The quantitative estimate of drug-likeness (QED) is 0.712. The minimum atomic E-state index is 0.607. The fourth-order valence-electron chi connectivity index (χ4n) is 1.96. The van der Waals surface area contributed by atoms with Crippen molar-refractivity contribution in [1.82, 2.24) is 4.57 Å². The summed E-state index contributed by atoms with van der Waals surface area (Å²) in [4.78, 5) is 0.607. The Balaban J connectivity index is 2.12. The Bertz CT molecular complexity index is 695. The van der Waals surface area contributed by atoms with Gasteiger partial charge in [-0.15, -0.1) is 0 Å². The van der Waals surface area contributed by atoms with Crippen LogP contribution in [0.15, 0.2) is 54.6 Å². The molecule has 0 amide bonds. The summed E-state index contributed by atoms with van der Waals surface area (Å²) in [7, 11) is 0. The highest BCUT2D eigenvalue weighted by Gasteiger charge is 2.04. The molecule has 0 saturated heterocycles. The van der Waals surface area contributed by atoms with Crippen LogP contribution in [0, 0.1) is 5.41 Å². The van der Waals surface area contributed by atoms with Crippen molar-refractivity contribution in [3.05, 3.63) is 65.0 Å². The van der Waals surface area contributed by atoms with Crippen molar-refractivity contribution in [3.8, 4) is 0 Å². The molecule has 0 aliphatic heterocycles. The van der Waals surface area contributed by atoms with E-state index in [1.807, 2.05) is 30.3 Å². The maximum absolute atomic E-state index is 8.03. The minimum absolute atomic E-state index is 0.607. The molecule has 17 heavy (non-hydrogen) atoms. The molecule has 0 unspecified atom stereocenters. The van der Waals surface area contributed by atoms with Gasteiger partial charge >= 0.3 is 0 Å². The van der Waals surface area contributed by atoms with Crippen molar-refractivity contribution < 1.29 is 0 Å². The molecule has 2 aromatic carbocycles. The Kier molecular flexibility index (Phi) is 2.53. The van der Waals surface area contributed by atoms with E-state index in [0.29, 0.717) is 4.80 Å². The van der Waals surface area contributed by atoms with Gasteiger partial charge < -0.3 is 4.57 Å². The summed E-state index contributed by atoms with van der Waals surface area (Å²) in [5, 5.41) is 8.03. The van der Waals surface area contributed by atoms with Gasteiger partial charge in [0.2, 0.25) is 0 Å². The normalized spacial score (nSPS) is 10.8. The first kappa shape index (κ1) is 10.3. The number of hydrogen-bond donors (Lipinski definition) is 1. The highest BCUT2D eigenvalue weighted by molar-refractivity contribution is 7.16. The summed E-state index contributed by atoms with van der Waals surface area (Å²) in [6, 6.07) is 18.5. The van der Waals surface area contributed by atoms with Crippen LogP contribution in [0.5, 0.6) is 0 Å². The fourth-order valence-corrected chi connectivity index (χ4v) is 2.87. The second kappa shape index (κ2) is 4.18. The van der Waals surface area contributed by atoms with Gasteiger partial charge in [0.15, 0.2) is 4.80 Å². The molecule has 0 aliphatic rings. The topological polar surface area (TPSA) is 28.8 Å². The second-order valence-electron chi connectivity index (χ2n) is 3.95. The summed E-state index contributed by atoms with van der Waals surface area (Å²) < 4.78 is 3.23. The number of nitrogens with one attached hydrogen (secondary N) is 1. The highest BCUT2D eigenvalue weighted by Crippen LogP contribution is 2.17. The zero-order valence-electron chi connectivity index (χ0n) is 9.26. The lowest BCUT2D eigenvalue weighted by molar-refractivity contribution is 0.789. The monoisotopic (exact) mass is 240 g/mol. The fraction of sp³-hybridized carbons (Fsp3) is 0.0714. The lowest BCUT2D eigenvalue weighted by atomic mass is 10.2. The Labute approximate surface area is 103 Å². The number of benzene rings is 2. The Morgan fingerprint density at radius 3 is 2.47 bits per heavy atom. The molecular formula is C14H12N2S. The third kappa shape index (κ3) is 1.89. The summed E-state index contributed by atoms with van der Waals surface area (Å²) in [5.74, 6) is 0. The van der Waals surface area contributed by atoms with Gasteiger partial charge in [-0.3, -0.25) is 5.41 Å². The van der Waals surface area contributed by atoms with Crippen LogP contribution in [-0.2, 0) is 6.54 Å². The minimum Gasteiger partial charge on any atom is -0.312 e. The molecule has 0 atom stereocenters. The summed E-state index contributed by atoms with van der Waals surface area (Å²) in [5.41, 5.74) is 2.38. The van der Waals surface area contributed by atoms with Crippen molar-refractivity contribution in [1.29, 1.82) is 5.41 Å². The van der Waals surface area contributed by atoms with Gasteiger partial charge in [0.1, 0.15) is 0 Å². The maximum Gasteiger partial charge on any atom is 0.183 e. The lowest BCUT2D eigenvalue weighted by Crippen LogP contribution is -2.13. The molecule has 1 aromatic heterocycles. The first-order chi connectivity index (χ1) is 8.34. The molecule has 0 aliphatic carbocycles. The van der Waals surface area contributed by atoms with Crippen LogP contribution in [0.4, 0.5) is 0 Å². The Hall–Kier alpha value is -1.87. The van der Waals surface area contributed by atoms with Gasteiger partial charge in [0.25, 0.3) is 0 Å². The third-order valence-corrected chi connectivity index (χ3v) is 3.77. The standard InChI is InChI=1S/C14H12N2S/c15-14-16(10-11-6-2-1-3-7-11)12-8-4-5-9-13(12)17-14/h1-9,15H,10H2. The van der Waals surface area contributed by atoms with E-state index in [2.05, 4.69) is 28.8 Å². The van der Waals surface area contributed by atoms with E-state index in [9.17, 15) is 0 Å². The third-order valence-electron chi connectivity index (χ3n) is 2.79. The number of fused-ring (bicyclic) bond motifs is 1. The van der Waals surface area contributed by atoms with Crippen LogP contribution in [0.2, 0.25) is 0 Å². The SMILES string of the molecule is N=c1sc2ccccc2n1Cc1ccccc1. The molecule has 3 heteroatoms. The first-order valence-corrected chi connectivity index (χ1v) is 6.33. The predicted octanol–water partition coefficient (Wildman–Crippen LogP) is 3.23. The highest BCUT2D eigenvalue weighted by atomic mass is 32.1. The number of nitrogens with zero attached hydrogens (tertiary/aromatic N) is 1. The van der Waals surface area contributed by atoms with E-state index in [-0.39, 0.29) is 0 Å². The molecule has 0 saturated carbocycles. The number of rotatable bonds is 2. The molecule has 1 N–H and O–H groups in total. The van der Waals surface area contributed by atoms with Gasteiger partial charge in [-0.1, -0.05) is 53.8 Å². The zero-order chi connectivity index (χ0) is 11.7. The summed E-state index contributed by atoms with van der Waals surface area (Å²) in [6.45, 7) is 0.768. The van der Waals surface area contributed by atoms with E-state index in [4.69, 9.17) is 5.41 Å². The molecule has 0 bridgehead atoms. The van der Waals surface area contributed by atoms with Gasteiger partial charge in [0.05, 0.1) is 16.8 Å². The lowest BCUT2D eigenvalue weighted by Gasteiger charge is -2.04. The average Bonchev–Trinajstić information content (AvgIpc) is 2.68. The van der Waals surface area contributed by atoms with E-state index < -0.39 is 0 Å². The average molecular weight is 240 g/mol. The molecule has 0 fully saturated rings. The molecule has 3 rings (SSSR count). The van der Waals surface area contributed by atoms with Gasteiger partial charge in [0, 0.05) is 0 Å². The van der Waals surface area contributed by atoms with Crippen LogP contribution >= 0.6 is 11.3 Å². The predicted molar refractivity (Wildman–Crippen MR) is 71.2 cm³/mol. The van der Waals surface area contributed by atoms with Gasteiger partial charge in [-0.05, 0) is 17.7 Å². The molecule has 2 nitrogen and oxygen atoms in total. The van der Waals surface area contributed by atoms with Crippen LogP contribution < -0.4 is 4.80 Å². The smallest absolute Gasteiger partial charge is 0.183 e. The number of hydrogen-bond acceptors (Lipinski definition) is 2. The number of para-hydroxylation sites is 1. The first-order valence-electron chi connectivity index (χ1n) is 5.51. The van der Waals surface area contributed by atoms with Crippen molar-refractivity contribution >= 4 is 21.6 Å². The van der Waals surface area contributed by atoms with Crippen molar-refractivity contribution in [2.24, 2.45) is 0 Å². The maximum atomic E-state index is 8.03. The van der Waals surface area contributed by atoms with Crippen LogP contribution in [-0.4, -0.2) is 4.57 Å². The van der Waals surface area contributed by atoms with Gasteiger partial charge in [-0.2, -0.15) is 0 Å². The number of thiazole rings is 1. The van der Waals surface area contributed by atoms with Crippen molar-refractivity contribution in [3.63, 3.8) is 0 Å². The van der Waals surface area contributed by atoms with E-state index in [0.717, 1.165) is 12.1 Å². The van der Waals surface area contributed by atoms with Gasteiger partial charge in [-0.25, -0.2) is 0 Å². The van der Waals surface area contributed by atoms with E-state index in [1.54, 1.807) is 0 Å². The Morgan fingerprint density at radius 1 is 0.941 bits per heavy atom. The molecular weight excluding hydrogens is 228 g/mol. The largest absolute Gasteiger partial charge is 0.312 e. The van der Waals surface area contributed by atoms with Crippen LogP contribution in [0.25, 0.3) is 10.2 Å². The molecule has 3 aromatic rings. The second-order valence-corrected chi connectivity index (χ2v) is 4.98. The van der Waals surface area contributed by atoms with Crippen molar-refractivity contribution in [2.75, 3.05) is 0 Å².